The minimum atomic E-state index is -4.00. The average molecular weight is 277 g/mol. The molecular formula is C13H15F4NO. The van der Waals surface area contributed by atoms with Gasteiger partial charge in [0, 0.05) is 13.0 Å². The summed E-state index contributed by atoms with van der Waals surface area (Å²) in [5, 5.41) is 2.34. The van der Waals surface area contributed by atoms with Crippen molar-refractivity contribution in [3.63, 3.8) is 0 Å². The predicted octanol–water partition coefficient (Wildman–Crippen LogP) is 2.79. The van der Waals surface area contributed by atoms with Crippen molar-refractivity contribution in [2.45, 2.75) is 31.8 Å². The second-order valence-electron chi connectivity index (χ2n) is 4.75. The SMILES string of the molecule is Cc1ccc2c(c1)CC(CNCC(F)(F)C(F)F)O2. The quantitative estimate of drug-likeness (QED) is 0.836. The molecule has 1 aromatic carbocycles. The summed E-state index contributed by atoms with van der Waals surface area (Å²) in [6.07, 6.45) is -3.33. The smallest absolute Gasteiger partial charge is 0.319 e. The number of alkyl halides is 4. The number of aryl methyl sites for hydroxylation is 1. The van der Waals surface area contributed by atoms with Crippen molar-refractivity contribution in [1.29, 1.82) is 0 Å². The Morgan fingerprint density at radius 2 is 2.16 bits per heavy atom. The molecule has 1 N–H and O–H groups in total. The number of nitrogens with one attached hydrogen (secondary N) is 1. The second-order valence-corrected chi connectivity index (χ2v) is 4.75. The molecule has 0 aliphatic carbocycles. The number of halogens is 4. The van der Waals surface area contributed by atoms with Crippen LogP contribution in [0.4, 0.5) is 17.6 Å². The van der Waals surface area contributed by atoms with Gasteiger partial charge < -0.3 is 10.1 Å². The fraction of sp³-hybridized carbons (Fsp3) is 0.538. The zero-order chi connectivity index (χ0) is 14.0. The minimum absolute atomic E-state index is 0.121. The standard InChI is InChI=1S/C13H15F4NO/c1-8-2-3-11-9(4-8)5-10(19-11)6-18-7-13(16,17)12(14)15/h2-4,10,12,18H,5-7H2,1H3. The number of fused-ring (bicyclic) bond motifs is 1. The summed E-state index contributed by atoms with van der Waals surface area (Å²) in [5.41, 5.74) is 2.12. The molecule has 0 amide bonds. The van der Waals surface area contributed by atoms with Gasteiger partial charge in [-0.05, 0) is 18.6 Å². The van der Waals surface area contributed by atoms with Gasteiger partial charge >= 0.3 is 12.3 Å². The number of hydrogen-bond donors (Lipinski definition) is 1. The molecule has 0 aromatic heterocycles. The van der Waals surface area contributed by atoms with Crippen LogP contribution >= 0.6 is 0 Å². The first-order valence-corrected chi connectivity index (χ1v) is 6.01. The van der Waals surface area contributed by atoms with E-state index in [-0.39, 0.29) is 12.6 Å². The predicted molar refractivity (Wildman–Crippen MR) is 63.1 cm³/mol. The van der Waals surface area contributed by atoms with E-state index in [1.165, 1.54) is 0 Å². The molecule has 1 aliphatic heterocycles. The molecule has 1 aromatic rings. The number of benzene rings is 1. The summed E-state index contributed by atoms with van der Waals surface area (Å²) in [5.74, 6) is -3.26. The van der Waals surface area contributed by atoms with Crippen LogP contribution < -0.4 is 10.1 Å². The van der Waals surface area contributed by atoms with Crippen LogP contribution in [-0.4, -0.2) is 31.5 Å². The Bertz CT molecular complexity index is 450. The van der Waals surface area contributed by atoms with Crippen LogP contribution in [0.3, 0.4) is 0 Å². The van der Waals surface area contributed by atoms with Gasteiger partial charge in [-0.2, -0.15) is 8.78 Å². The zero-order valence-electron chi connectivity index (χ0n) is 10.4. The van der Waals surface area contributed by atoms with Crippen LogP contribution in [0.2, 0.25) is 0 Å². The molecule has 0 fully saturated rings. The topological polar surface area (TPSA) is 21.3 Å². The first kappa shape index (κ1) is 14.1. The summed E-state index contributed by atoms with van der Waals surface area (Å²) in [4.78, 5) is 0. The third-order valence-electron chi connectivity index (χ3n) is 3.01. The van der Waals surface area contributed by atoms with Crippen molar-refractivity contribution in [3.8, 4) is 5.75 Å². The molecule has 0 spiro atoms. The minimum Gasteiger partial charge on any atom is -0.488 e. The lowest BCUT2D eigenvalue weighted by Gasteiger charge is -2.17. The Labute approximate surface area is 108 Å². The lowest BCUT2D eigenvalue weighted by Crippen LogP contribution is -2.42. The lowest BCUT2D eigenvalue weighted by atomic mass is 10.1. The fourth-order valence-electron chi connectivity index (χ4n) is 2.04. The molecule has 1 heterocycles. The third kappa shape index (κ3) is 3.37. The Balaban J connectivity index is 1.81. The Kier molecular flexibility index (Phi) is 3.99. The summed E-state index contributed by atoms with van der Waals surface area (Å²) >= 11 is 0. The molecule has 106 valence electrons. The molecule has 0 radical (unpaired) electrons. The van der Waals surface area contributed by atoms with Crippen LogP contribution in [0.1, 0.15) is 11.1 Å². The molecule has 1 unspecified atom stereocenters. The molecule has 2 rings (SSSR count). The van der Waals surface area contributed by atoms with Crippen LogP contribution in [0.5, 0.6) is 5.75 Å². The first-order chi connectivity index (χ1) is 8.88. The van der Waals surface area contributed by atoms with E-state index in [4.69, 9.17) is 4.74 Å². The zero-order valence-corrected chi connectivity index (χ0v) is 10.4. The van der Waals surface area contributed by atoms with Gasteiger partial charge in [0.05, 0.1) is 6.54 Å². The van der Waals surface area contributed by atoms with E-state index in [1.807, 2.05) is 25.1 Å². The third-order valence-corrected chi connectivity index (χ3v) is 3.01. The molecule has 1 aliphatic rings. The molecule has 0 saturated heterocycles. The normalized spacial score (nSPS) is 18.5. The van der Waals surface area contributed by atoms with Crippen LogP contribution in [-0.2, 0) is 6.42 Å². The monoisotopic (exact) mass is 277 g/mol. The summed E-state index contributed by atoms with van der Waals surface area (Å²) < 4.78 is 54.8. The number of hydrogen-bond acceptors (Lipinski definition) is 2. The highest BCUT2D eigenvalue weighted by Crippen LogP contribution is 2.29. The highest BCUT2D eigenvalue weighted by molar-refractivity contribution is 5.40. The van der Waals surface area contributed by atoms with Crippen LogP contribution in [0.15, 0.2) is 18.2 Å². The number of ether oxygens (including phenoxy) is 1. The lowest BCUT2D eigenvalue weighted by molar-refractivity contribution is -0.125. The van der Waals surface area contributed by atoms with Crippen molar-refractivity contribution in [2.24, 2.45) is 0 Å². The van der Waals surface area contributed by atoms with E-state index in [9.17, 15) is 17.6 Å². The van der Waals surface area contributed by atoms with E-state index in [0.29, 0.717) is 6.42 Å². The maximum absolute atomic E-state index is 12.7. The summed E-state index contributed by atoms with van der Waals surface area (Å²) in [6.45, 7) is 1.03. The second kappa shape index (κ2) is 5.36. The largest absolute Gasteiger partial charge is 0.488 e. The maximum Gasteiger partial charge on any atom is 0.319 e. The summed E-state index contributed by atoms with van der Waals surface area (Å²) in [6, 6.07) is 5.71. The van der Waals surface area contributed by atoms with Crippen molar-refractivity contribution < 1.29 is 22.3 Å². The van der Waals surface area contributed by atoms with E-state index in [0.717, 1.165) is 16.9 Å². The molecule has 0 saturated carbocycles. The van der Waals surface area contributed by atoms with Crippen LogP contribution in [0.25, 0.3) is 0 Å². The molecule has 19 heavy (non-hydrogen) atoms. The van der Waals surface area contributed by atoms with Crippen molar-refractivity contribution in [1.82, 2.24) is 5.32 Å². The first-order valence-electron chi connectivity index (χ1n) is 6.01. The van der Waals surface area contributed by atoms with E-state index < -0.39 is 18.9 Å². The van der Waals surface area contributed by atoms with E-state index in [2.05, 4.69) is 5.32 Å². The highest BCUT2D eigenvalue weighted by Gasteiger charge is 2.40. The number of rotatable bonds is 5. The van der Waals surface area contributed by atoms with Gasteiger partial charge in [-0.3, -0.25) is 0 Å². The molecule has 2 nitrogen and oxygen atoms in total. The van der Waals surface area contributed by atoms with Gasteiger partial charge in [-0.1, -0.05) is 17.7 Å². The molecule has 1 atom stereocenters. The fourth-order valence-corrected chi connectivity index (χ4v) is 2.04. The Morgan fingerprint density at radius 1 is 1.42 bits per heavy atom. The van der Waals surface area contributed by atoms with Gasteiger partial charge in [0.15, 0.2) is 0 Å². The van der Waals surface area contributed by atoms with Gasteiger partial charge in [-0.25, -0.2) is 8.78 Å². The molecule has 6 heteroatoms. The van der Waals surface area contributed by atoms with Crippen molar-refractivity contribution in [3.05, 3.63) is 29.3 Å². The highest BCUT2D eigenvalue weighted by atomic mass is 19.3. The van der Waals surface area contributed by atoms with Crippen molar-refractivity contribution >= 4 is 0 Å². The Hall–Kier alpha value is -1.30. The molecular weight excluding hydrogens is 262 g/mol. The van der Waals surface area contributed by atoms with Gasteiger partial charge in [0.25, 0.3) is 0 Å². The van der Waals surface area contributed by atoms with Crippen LogP contribution in [0, 0.1) is 6.92 Å². The summed E-state index contributed by atoms with van der Waals surface area (Å²) in [7, 11) is 0. The van der Waals surface area contributed by atoms with E-state index in [1.54, 1.807) is 0 Å². The van der Waals surface area contributed by atoms with Gasteiger partial charge in [0.1, 0.15) is 11.9 Å². The average Bonchev–Trinajstić information content (AvgIpc) is 2.70. The van der Waals surface area contributed by atoms with Crippen molar-refractivity contribution in [2.75, 3.05) is 13.1 Å². The molecule has 0 bridgehead atoms. The maximum atomic E-state index is 12.7. The van der Waals surface area contributed by atoms with Gasteiger partial charge in [0.2, 0.25) is 0 Å². The van der Waals surface area contributed by atoms with Gasteiger partial charge in [-0.15, -0.1) is 0 Å². The Morgan fingerprint density at radius 3 is 2.84 bits per heavy atom. The van der Waals surface area contributed by atoms with E-state index >= 15 is 0 Å².